The first-order chi connectivity index (χ1) is 5.95. The molecule has 12 heavy (non-hydrogen) atoms. The number of nitrogens with zero attached hydrogens (tertiary/aromatic N) is 1. The minimum Gasteiger partial charge on any atom is -0.356 e. The van der Waals surface area contributed by atoms with E-state index in [1.165, 1.54) is 23.8 Å². The Morgan fingerprint density at radius 1 is 1.33 bits per heavy atom. The van der Waals surface area contributed by atoms with Gasteiger partial charge in [-0.15, -0.1) is 0 Å². The van der Waals surface area contributed by atoms with Crippen LogP contribution in [0.4, 0.5) is 0 Å². The molecule has 0 amide bonds. The van der Waals surface area contributed by atoms with Gasteiger partial charge in [0.1, 0.15) is 0 Å². The summed E-state index contributed by atoms with van der Waals surface area (Å²) in [5, 5.41) is 4.99. The maximum absolute atomic E-state index is 5.09. The summed E-state index contributed by atoms with van der Waals surface area (Å²) in [6, 6.07) is 6.19. The Labute approximate surface area is 70.2 Å². The van der Waals surface area contributed by atoms with Gasteiger partial charge in [0.15, 0.2) is 5.58 Å². The Hall–Kier alpha value is -1.31. The average Bonchev–Trinajstić information content (AvgIpc) is 2.82. The molecule has 2 nitrogen and oxygen atoms in total. The van der Waals surface area contributed by atoms with E-state index in [0.29, 0.717) is 0 Å². The van der Waals surface area contributed by atoms with Crippen molar-refractivity contribution in [2.24, 2.45) is 0 Å². The zero-order valence-electron chi connectivity index (χ0n) is 6.66. The molecule has 2 aromatic rings. The van der Waals surface area contributed by atoms with Gasteiger partial charge in [-0.25, -0.2) is 0 Å². The Kier molecular flexibility index (Phi) is 1.09. The third kappa shape index (κ3) is 0.779. The summed E-state index contributed by atoms with van der Waals surface area (Å²) in [7, 11) is 0. The van der Waals surface area contributed by atoms with Crippen LogP contribution in [0, 0.1) is 0 Å². The lowest BCUT2D eigenvalue weighted by Crippen LogP contribution is -1.78. The van der Waals surface area contributed by atoms with Gasteiger partial charge >= 0.3 is 0 Å². The van der Waals surface area contributed by atoms with E-state index >= 15 is 0 Å². The Bertz CT molecular complexity index is 414. The number of hydrogen-bond donors (Lipinski definition) is 0. The SMILES string of the molecule is c1cc(C2CC2)c2cnoc2c1. The quantitative estimate of drug-likeness (QED) is 0.639. The maximum atomic E-state index is 5.09. The van der Waals surface area contributed by atoms with Crippen LogP contribution in [-0.2, 0) is 0 Å². The van der Waals surface area contributed by atoms with Crippen molar-refractivity contribution < 1.29 is 4.52 Å². The normalized spacial score (nSPS) is 17.0. The maximum Gasteiger partial charge on any atom is 0.167 e. The molecule has 1 fully saturated rings. The van der Waals surface area contributed by atoms with Gasteiger partial charge in [0.2, 0.25) is 0 Å². The second kappa shape index (κ2) is 2.09. The fourth-order valence-corrected chi connectivity index (χ4v) is 1.66. The molecule has 1 aromatic heterocycles. The summed E-state index contributed by atoms with van der Waals surface area (Å²) in [6.07, 6.45) is 4.47. The Morgan fingerprint density at radius 3 is 3.08 bits per heavy atom. The van der Waals surface area contributed by atoms with Gasteiger partial charge in [-0.05, 0) is 30.4 Å². The molecule has 0 N–H and O–H groups in total. The van der Waals surface area contributed by atoms with Crippen LogP contribution in [0.2, 0.25) is 0 Å². The third-order valence-corrected chi connectivity index (χ3v) is 2.45. The number of benzene rings is 1. The molecule has 1 heterocycles. The van der Waals surface area contributed by atoms with Crippen LogP contribution in [0.3, 0.4) is 0 Å². The molecular formula is C10H9NO. The van der Waals surface area contributed by atoms with Gasteiger partial charge in [0.05, 0.1) is 6.20 Å². The summed E-state index contributed by atoms with van der Waals surface area (Å²) >= 11 is 0. The van der Waals surface area contributed by atoms with Crippen molar-refractivity contribution >= 4 is 11.0 Å². The van der Waals surface area contributed by atoms with Gasteiger partial charge in [-0.1, -0.05) is 17.3 Å². The van der Waals surface area contributed by atoms with Gasteiger partial charge in [0, 0.05) is 5.39 Å². The lowest BCUT2D eigenvalue weighted by molar-refractivity contribution is 0.456. The average molecular weight is 159 g/mol. The molecule has 1 aliphatic rings. The number of hydrogen-bond acceptors (Lipinski definition) is 2. The monoisotopic (exact) mass is 159 g/mol. The fraction of sp³-hybridized carbons (Fsp3) is 0.300. The van der Waals surface area contributed by atoms with Crippen LogP contribution in [0.5, 0.6) is 0 Å². The minimum absolute atomic E-state index is 0.771. The van der Waals surface area contributed by atoms with Crippen molar-refractivity contribution in [2.45, 2.75) is 18.8 Å². The molecule has 3 rings (SSSR count). The van der Waals surface area contributed by atoms with Crippen LogP contribution in [-0.4, -0.2) is 5.16 Å². The van der Waals surface area contributed by atoms with Gasteiger partial charge in [-0.3, -0.25) is 0 Å². The largest absolute Gasteiger partial charge is 0.356 e. The number of aromatic nitrogens is 1. The van der Waals surface area contributed by atoms with Crippen LogP contribution in [0.15, 0.2) is 28.9 Å². The van der Waals surface area contributed by atoms with Crippen molar-refractivity contribution in [3.05, 3.63) is 30.0 Å². The van der Waals surface area contributed by atoms with Crippen LogP contribution in [0.1, 0.15) is 24.3 Å². The molecule has 0 unspecified atom stereocenters. The summed E-state index contributed by atoms with van der Waals surface area (Å²) < 4.78 is 5.09. The predicted molar refractivity (Wildman–Crippen MR) is 46.0 cm³/mol. The van der Waals surface area contributed by atoms with Crippen molar-refractivity contribution in [1.82, 2.24) is 5.16 Å². The minimum atomic E-state index is 0.771. The first-order valence-corrected chi connectivity index (χ1v) is 4.28. The van der Waals surface area contributed by atoms with E-state index < -0.39 is 0 Å². The molecule has 0 radical (unpaired) electrons. The molecule has 1 aliphatic carbocycles. The summed E-state index contributed by atoms with van der Waals surface area (Å²) in [6.45, 7) is 0. The highest BCUT2D eigenvalue weighted by Crippen LogP contribution is 2.42. The third-order valence-electron chi connectivity index (χ3n) is 2.45. The zero-order valence-corrected chi connectivity index (χ0v) is 6.66. The highest BCUT2D eigenvalue weighted by atomic mass is 16.5. The first kappa shape index (κ1) is 6.23. The highest BCUT2D eigenvalue weighted by molar-refractivity contribution is 5.80. The van der Waals surface area contributed by atoms with E-state index in [1.54, 1.807) is 0 Å². The van der Waals surface area contributed by atoms with Gasteiger partial charge in [-0.2, -0.15) is 0 Å². The van der Waals surface area contributed by atoms with Crippen molar-refractivity contribution in [1.29, 1.82) is 0 Å². The summed E-state index contributed by atoms with van der Waals surface area (Å²) in [4.78, 5) is 0. The molecule has 0 aliphatic heterocycles. The van der Waals surface area contributed by atoms with E-state index in [9.17, 15) is 0 Å². The summed E-state index contributed by atoms with van der Waals surface area (Å²) in [5.41, 5.74) is 2.33. The molecule has 0 spiro atoms. The van der Waals surface area contributed by atoms with Crippen LogP contribution < -0.4 is 0 Å². The van der Waals surface area contributed by atoms with Crippen LogP contribution in [0.25, 0.3) is 11.0 Å². The van der Waals surface area contributed by atoms with E-state index in [1.807, 2.05) is 18.3 Å². The van der Waals surface area contributed by atoms with Gasteiger partial charge in [0.25, 0.3) is 0 Å². The highest BCUT2D eigenvalue weighted by Gasteiger charge is 2.25. The van der Waals surface area contributed by atoms with Crippen molar-refractivity contribution in [3.8, 4) is 0 Å². The predicted octanol–water partition coefficient (Wildman–Crippen LogP) is 2.71. The molecule has 0 bridgehead atoms. The molecule has 0 atom stereocenters. The van der Waals surface area contributed by atoms with Crippen molar-refractivity contribution in [2.75, 3.05) is 0 Å². The van der Waals surface area contributed by atoms with E-state index in [0.717, 1.165) is 11.5 Å². The summed E-state index contributed by atoms with van der Waals surface area (Å²) in [5.74, 6) is 0.771. The Morgan fingerprint density at radius 2 is 2.25 bits per heavy atom. The molecule has 1 saturated carbocycles. The fourth-order valence-electron chi connectivity index (χ4n) is 1.66. The number of fused-ring (bicyclic) bond motifs is 1. The smallest absolute Gasteiger partial charge is 0.167 e. The number of rotatable bonds is 1. The molecular weight excluding hydrogens is 150 g/mol. The lowest BCUT2D eigenvalue weighted by Gasteiger charge is -1.96. The molecule has 0 saturated heterocycles. The molecule has 2 heteroatoms. The Balaban J connectivity index is 2.32. The van der Waals surface area contributed by atoms with Gasteiger partial charge < -0.3 is 4.52 Å². The second-order valence-electron chi connectivity index (χ2n) is 3.36. The van der Waals surface area contributed by atoms with Crippen LogP contribution >= 0.6 is 0 Å². The zero-order chi connectivity index (χ0) is 7.97. The van der Waals surface area contributed by atoms with E-state index in [-0.39, 0.29) is 0 Å². The lowest BCUT2D eigenvalue weighted by atomic mass is 10.1. The van der Waals surface area contributed by atoms with E-state index in [4.69, 9.17) is 4.52 Å². The molecule has 1 aromatic carbocycles. The van der Waals surface area contributed by atoms with E-state index in [2.05, 4.69) is 11.2 Å². The standard InChI is InChI=1S/C10H9NO/c1-2-8(7-4-5-7)9-6-11-12-10(9)3-1/h1-3,6-7H,4-5H2. The van der Waals surface area contributed by atoms with Crippen molar-refractivity contribution in [3.63, 3.8) is 0 Å². The topological polar surface area (TPSA) is 26.0 Å². The second-order valence-corrected chi connectivity index (χ2v) is 3.36. The molecule has 60 valence electrons. The first-order valence-electron chi connectivity index (χ1n) is 4.28.